The number of ketones is 1. The average molecular weight is 469 g/mol. The van der Waals surface area contributed by atoms with Crippen LogP contribution in [0, 0.1) is 0 Å². The number of hydrogen-bond acceptors (Lipinski definition) is 4. The van der Waals surface area contributed by atoms with Crippen molar-refractivity contribution >= 4 is 45.1 Å². The molecule has 3 rings (SSSR count). The first-order chi connectivity index (χ1) is 15.2. The first kappa shape index (κ1) is 23.4. The first-order valence-electron chi connectivity index (χ1n) is 9.59. The minimum atomic E-state index is -3.63. The van der Waals surface area contributed by atoms with Gasteiger partial charge in [-0.2, -0.15) is 0 Å². The van der Waals surface area contributed by atoms with E-state index >= 15 is 0 Å². The molecule has 0 unspecified atom stereocenters. The Hall–Kier alpha value is -3.26. The molecule has 0 aromatic heterocycles. The van der Waals surface area contributed by atoms with Gasteiger partial charge in [0.1, 0.15) is 0 Å². The molecule has 0 aliphatic rings. The van der Waals surface area contributed by atoms with E-state index in [1.807, 2.05) is 0 Å². The summed E-state index contributed by atoms with van der Waals surface area (Å²) in [5.41, 5.74) is 2.00. The topological polar surface area (TPSA) is 83.6 Å². The minimum absolute atomic E-state index is 0.0497. The largest absolute Gasteiger partial charge is 0.322 e. The Balaban J connectivity index is 1.74. The molecule has 3 aromatic carbocycles. The van der Waals surface area contributed by atoms with Gasteiger partial charge in [0.15, 0.2) is 5.78 Å². The van der Waals surface area contributed by atoms with E-state index in [9.17, 15) is 18.0 Å². The summed E-state index contributed by atoms with van der Waals surface area (Å²) in [7, 11) is -0.767. The zero-order valence-electron chi connectivity index (χ0n) is 17.4. The number of carbonyl (C=O) groups is 2. The normalized spacial score (nSPS) is 11.6. The van der Waals surface area contributed by atoms with Gasteiger partial charge in [-0.15, -0.1) is 0 Å². The van der Waals surface area contributed by atoms with Crippen molar-refractivity contribution in [2.45, 2.75) is 4.90 Å². The second-order valence-electron chi connectivity index (χ2n) is 7.10. The van der Waals surface area contributed by atoms with Crippen LogP contribution in [0.15, 0.2) is 83.8 Å². The fourth-order valence-electron chi connectivity index (χ4n) is 2.81. The van der Waals surface area contributed by atoms with Crippen molar-refractivity contribution in [2.24, 2.45) is 0 Å². The van der Waals surface area contributed by atoms with Crippen molar-refractivity contribution in [3.63, 3.8) is 0 Å². The Morgan fingerprint density at radius 3 is 2.28 bits per heavy atom. The molecule has 0 bridgehead atoms. The lowest BCUT2D eigenvalue weighted by Crippen LogP contribution is -2.22. The molecule has 32 heavy (non-hydrogen) atoms. The average Bonchev–Trinajstić information content (AvgIpc) is 2.78. The van der Waals surface area contributed by atoms with Crippen molar-refractivity contribution in [1.82, 2.24) is 4.31 Å². The Kier molecular flexibility index (Phi) is 7.25. The van der Waals surface area contributed by atoms with Gasteiger partial charge >= 0.3 is 0 Å². The van der Waals surface area contributed by atoms with Gasteiger partial charge in [-0.25, -0.2) is 12.7 Å². The van der Waals surface area contributed by atoms with E-state index in [4.69, 9.17) is 11.6 Å². The molecule has 164 valence electrons. The van der Waals surface area contributed by atoms with E-state index in [1.165, 1.54) is 38.4 Å². The lowest BCUT2D eigenvalue weighted by molar-refractivity contribution is 0.102. The summed E-state index contributed by atoms with van der Waals surface area (Å²) in [6.07, 6.45) is 2.97. The molecule has 0 heterocycles. The van der Waals surface area contributed by atoms with Gasteiger partial charge in [0.05, 0.1) is 4.90 Å². The molecule has 0 saturated heterocycles. The van der Waals surface area contributed by atoms with Crippen molar-refractivity contribution in [1.29, 1.82) is 0 Å². The summed E-state index contributed by atoms with van der Waals surface area (Å²) in [4.78, 5) is 25.0. The molecule has 0 aliphatic carbocycles. The Labute approximate surface area is 192 Å². The van der Waals surface area contributed by atoms with Crippen molar-refractivity contribution in [3.05, 3.63) is 101 Å². The number of amides is 1. The Morgan fingerprint density at radius 1 is 0.906 bits per heavy atom. The van der Waals surface area contributed by atoms with Crippen LogP contribution in [0.3, 0.4) is 0 Å². The predicted molar refractivity (Wildman–Crippen MR) is 127 cm³/mol. The number of anilines is 1. The van der Waals surface area contributed by atoms with Gasteiger partial charge < -0.3 is 5.32 Å². The smallest absolute Gasteiger partial charge is 0.255 e. The van der Waals surface area contributed by atoms with Gasteiger partial charge in [0.2, 0.25) is 10.0 Å². The fourth-order valence-corrected chi connectivity index (χ4v) is 3.89. The van der Waals surface area contributed by atoms with Crippen LogP contribution < -0.4 is 5.32 Å². The second kappa shape index (κ2) is 9.91. The van der Waals surface area contributed by atoms with Crippen LogP contribution in [0.5, 0.6) is 0 Å². The van der Waals surface area contributed by atoms with Crippen LogP contribution in [0.25, 0.3) is 6.08 Å². The van der Waals surface area contributed by atoms with Crippen LogP contribution in [-0.4, -0.2) is 38.5 Å². The number of halogens is 1. The van der Waals surface area contributed by atoms with Crippen LogP contribution in [0.2, 0.25) is 5.02 Å². The summed E-state index contributed by atoms with van der Waals surface area (Å²) in [6, 6.07) is 19.4. The van der Waals surface area contributed by atoms with E-state index in [0.29, 0.717) is 21.8 Å². The minimum Gasteiger partial charge on any atom is -0.322 e. The molecule has 0 radical (unpaired) electrons. The van der Waals surface area contributed by atoms with Gasteiger partial charge in [-0.1, -0.05) is 41.9 Å². The molecule has 0 spiro atoms. The van der Waals surface area contributed by atoms with E-state index in [1.54, 1.807) is 60.7 Å². The Bertz CT molecular complexity index is 1280. The molecule has 1 amide bonds. The van der Waals surface area contributed by atoms with Gasteiger partial charge in [-0.05, 0) is 60.2 Å². The third-order valence-corrected chi connectivity index (χ3v) is 6.64. The zero-order chi connectivity index (χ0) is 23.3. The number of rotatable bonds is 7. The third kappa shape index (κ3) is 5.70. The molecule has 0 saturated carbocycles. The van der Waals surface area contributed by atoms with E-state index in [2.05, 4.69) is 5.32 Å². The highest BCUT2D eigenvalue weighted by Gasteiger charge is 2.18. The predicted octanol–water partition coefficient (Wildman–Crippen LogP) is 4.74. The molecule has 0 aliphatic heterocycles. The summed E-state index contributed by atoms with van der Waals surface area (Å²) in [6.45, 7) is 0. The summed E-state index contributed by atoms with van der Waals surface area (Å²) in [5, 5.41) is 3.34. The maximum absolute atomic E-state index is 12.6. The number of allylic oxidation sites excluding steroid dienone is 1. The molecular formula is C24H21ClN2O4S. The first-order valence-corrected chi connectivity index (χ1v) is 11.4. The zero-order valence-corrected chi connectivity index (χ0v) is 19.0. The third-order valence-electron chi connectivity index (χ3n) is 4.58. The van der Waals surface area contributed by atoms with Crippen molar-refractivity contribution in [2.75, 3.05) is 19.4 Å². The number of hydrogen-bond donors (Lipinski definition) is 1. The van der Waals surface area contributed by atoms with Gasteiger partial charge in [-0.3, -0.25) is 9.59 Å². The van der Waals surface area contributed by atoms with Crippen LogP contribution in [0.1, 0.15) is 26.3 Å². The monoisotopic (exact) mass is 468 g/mol. The number of nitrogens with one attached hydrogen (secondary N) is 1. The van der Waals surface area contributed by atoms with Crippen molar-refractivity contribution < 1.29 is 18.0 Å². The molecular weight excluding hydrogens is 448 g/mol. The van der Waals surface area contributed by atoms with Crippen LogP contribution >= 0.6 is 11.6 Å². The summed E-state index contributed by atoms with van der Waals surface area (Å²) in [5.74, 6) is -0.616. The number of carbonyl (C=O) groups excluding carboxylic acids is 2. The molecule has 1 N–H and O–H groups in total. The van der Waals surface area contributed by atoms with E-state index in [-0.39, 0.29) is 22.1 Å². The van der Waals surface area contributed by atoms with Crippen LogP contribution in [-0.2, 0) is 10.0 Å². The van der Waals surface area contributed by atoms with E-state index in [0.717, 1.165) is 4.31 Å². The molecule has 6 nitrogen and oxygen atoms in total. The van der Waals surface area contributed by atoms with Gasteiger partial charge in [0.25, 0.3) is 5.91 Å². The summed E-state index contributed by atoms with van der Waals surface area (Å²) < 4.78 is 25.7. The molecule has 0 fully saturated rings. The lowest BCUT2D eigenvalue weighted by Gasteiger charge is -2.11. The standard InChI is InChI=1S/C24H21ClN2O4S/c1-27(2)32(30,31)22-8-4-6-19(16-22)23(28)14-9-17-5-3-7-21(15-17)26-24(29)18-10-12-20(25)13-11-18/h3-16H,1-2H3,(H,26,29)/b14-9+. The second-order valence-corrected chi connectivity index (χ2v) is 9.69. The SMILES string of the molecule is CN(C)S(=O)(=O)c1cccc(C(=O)/C=C/c2cccc(NC(=O)c3ccc(Cl)cc3)c2)c1. The quantitative estimate of drug-likeness (QED) is 0.401. The highest BCUT2D eigenvalue weighted by molar-refractivity contribution is 7.89. The molecule has 8 heteroatoms. The summed E-state index contributed by atoms with van der Waals surface area (Å²) >= 11 is 5.85. The molecule has 3 aromatic rings. The number of nitrogens with zero attached hydrogens (tertiary/aromatic N) is 1. The highest BCUT2D eigenvalue weighted by atomic mass is 35.5. The van der Waals surface area contributed by atoms with Crippen molar-refractivity contribution in [3.8, 4) is 0 Å². The molecule has 0 atom stereocenters. The van der Waals surface area contributed by atoms with Crippen LogP contribution in [0.4, 0.5) is 5.69 Å². The Morgan fingerprint density at radius 2 is 1.59 bits per heavy atom. The number of sulfonamides is 1. The maximum atomic E-state index is 12.6. The van der Waals surface area contributed by atoms with E-state index < -0.39 is 10.0 Å². The van der Waals surface area contributed by atoms with Gasteiger partial charge in [0, 0.05) is 35.9 Å². The maximum Gasteiger partial charge on any atom is 0.255 e. The number of benzene rings is 3. The highest BCUT2D eigenvalue weighted by Crippen LogP contribution is 2.18. The fraction of sp³-hybridized carbons (Fsp3) is 0.0833. The lowest BCUT2D eigenvalue weighted by atomic mass is 10.1.